The number of fused-ring (bicyclic) bond motifs is 1. The van der Waals surface area contributed by atoms with E-state index in [0.717, 1.165) is 49.7 Å². The third-order valence-electron chi connectivity index (χ3n) is 7.10. The molecule has 1 amide bonds. The van der Waals surface area contributed by atoms with Gasteiger partial charge in [0.25, 0.3) is 5.95 Å². The number of carbonyl (C=O) groups excluding carboxylic acids is 1. The fraction of sp³-hybridized carbons (Fsp3) is 0.583. The lowest BCUT2D eigenvalue weighted by atomic mass is 9.95. The molecule has 1 unspecified atom stereocenters. The number of benzene rings is 1. The van der Waals surface area contributed by atoms with Crippen LogP contribution >= 0.6 is 0 Å². The Morgan fingerprint density at radius 3 is 2.74 bits per heavy atom. The number of hydrogen-bond donors (Lipinski definition) is 1. The molecule has 34 heavy (non-hydrogen) atoms. The van der Waals surface area contributed by atoms with Gasteiger partial charge >= 0.3 is 0 Å². The number of aromatic nitrogens is 4. The standard InChI is InChI=1S/C24H31FN6O3/c1-15(2)21-17-6-5-7-18(25)22(17)31(27-21)24-26-23(34-28-24)19-8-3-4-11-30(19)16-9-12-29(13-10-16)20(33)14-32/h5-7,15-16,19,32H,3-4,8-14H2,1-2H3. The molecule has 0 saturated carbocycles. The zero-order valence-corrected chi connectivity index (χ0v) is 19.7. The van der Waals surface area contributed by atoms with E-state index in [0.29, 0.717) is 30.5 Å². The molecule has 4 heterocycles. The minimum atomic E-state index is -0.441. The molecule has 1 N–H and O–H groups in total. The Hall–Kier alpha value is -2.85. The van der Waals surface area contributed by atoms with Gasteiger partial charge in [0.2, 0.25) is 11.8 Å². The van der Waals surface area contributed by atoms with Crippen LogP contribution in [0.3, 0.4) is 0 Å². The number of halogens is 1. The van der Waals surface area contributed by atoms with E-state index >= 15 is 0 Å². The van der Waals surface area contributed by atoms with Crippen LogP contribution in [0.5, 0.6) is 0 Å². The molecular formula is C24H31FN6O3. The third-order valence-corrected chi connectivity index (χ3v) is 7.10. The summed E-state index contributed by atoms with van der Waals surface area (Å²) in [6.45, 7) is 5.81. The van der Waals surface area contributed by atoms with Crippen LogP contribution in [0, 0.1) is 5.82 Å². The van der Waals surface area contributed by atoms with Crippen molar-refractivity contribution in [3.8, 4) is 5.95 Å². The maximum absolute atomic E-state index is 14.8. The van der Waals surface area contributed by atoms with Gasteiger partial charge in [0.05, 0.1) is 11.7 Å². The first-order chi connectivity index (χ1) is 16.5. The molecule has 0 aliphatic carbocycles. The monoisotopic (exact) mass is 470 g/mol. The molecule has 10 heteroatoms. The first kappa shape index (κ1) is 22.9. The highest BCUT2D eigenvalue weighted by Gasteiger charge is 2.36. The summed E-state index contributed by atoms with van der Waals surface area (Å²) in [7, 11) is 0. The van der Waals surface area contributed by atoms with Gasteiger partial charge in [-0.25, -0.2) is 4.39 Å². The molecule has 2 aliphatic heterocycles. The van der Waals surface area contributed by atoms with Gasteiger partial charge in [-0.2, -0.15) is 14.8 Å². The molecule has 9 nitrogen and oxygen atoms in total. The smallest absolute Gasteiger partial charge is 0.291 e. The van der Waals surface area contributed by atoms with Crippen molar-refractivity contribution in [1.82, 2.24) is 29.7 Å². The van der Waals surface area contributed by atoms with E-state index in [1.807, 2.05) is 19.9 Å². The van der Waals surface area contributed by atoms with Gasteiger partial charge in [-0.05, 0) is 49.4 Å². The highest BCUT2D eigenvalue weighted by atomic mass is 19.1. The molecule has 0 spiro atoms. The molecule has 2 fully saturated rings. The lowest BCUT2D eigenvalue weighted by Gasteiger charge is -2.43. The molecule has 5 rings (SSSR count). The number of piperidine rings is 2. The third kappa shape index (κ3) is 4.09. The van der Waals surface area contributed by atoms with Crippen LogP contribution in [0.15, 0.2) is 22.7 Å². The Balaban J connectivity index is 1.41. The number of hydrogen-bond acceptors (Lipinski definition) is 7. The lowest BCUT2D eigenvalue weighted by Crippen LogP contribution is -2.49. The van der Waals surface area contributed by atoms with Gasteiger partial charge < -0.3 is 14.5 Å². The van der Waals surface area contributed by atoms with E-state index in [1.165, 1.54) is 10.7 Å². The van der Waals surface area contributed by atoms with Crippen LogP contribution in [0.2, 0.25) is 0 Å². The van der Waals surface area contributed by atoms with Gasteiger partial charge in [0.1, 0.15) is 17.9 Å². The average Bonchev–Trinajstić information content (AvgIpc) is 3.50. The first-order valence-electron chi connectivity index (χ1n) is 12.1. The summed E-state index contributed by atoms with van der Waals surface area (Å²) < 4.78 is 22.0. The second-order valence-corrected chi connectivity index (χ2v) is 9.54. The molecule has 0 radical (unpaired) electrons. The molecule has 2 aromatic heterocycles. The van der Waals surface area contributed by atoms with E-state index in [4.69, 9.17) is 9.63 Å². The molecule has 2 aliphatic rings. The molecule has 182 valence electrons. The summed E-state index contributed by atoms with van der Waals surface area (Å²) in [4.78, 5) is 20.7. The molecule has 1 aromatic carbocycles. The summed E-state index contributed by atoms with van der Waals surface area (Å²) in [6.07, 6.45) is 4.76. The number of carbonyl (C=O) groups is 1. The second-order valence-electron chi connectivity index (χ2n) is 9.54. The van der Waals surface area contributed by atoms with Crippen molar-refractivity contribution in [3.63, 3.8) is 0 Å². The molecule has 0 bridgehead atoms. The van der Waals surface area contributed by atoms with Crippen LogP contribution in [0.25, 0.3) is 16.9 Å². The van der Waals surface area contributed by atoms with Crippen LogP contribution in [0.1, 0.15) is 69.5 Å². The Labute approximate surface area is 197 Å². The largest absolute Gasteiger partial charge is 0.387 e. The van der Waals surface area contributed by atoms with Crippen molar-refractivity contribution < 1.29 is 18.8 Å². The van der Waals surface area contributed by atoms with Gasteiger partial charge in [0.15, 0.2) is 0 Å². The zero-order chi connectivity index (χ0) is 23.8. The summed E-state index contributed by atoms with van der Waals surface area (Å²) in [5.41, 5.74) is 1.16. The predicted molar refractivity (Wildman–Crippen MR) is 123 cm³/mol. The highest BCUT2D eigenvalue weighted by molar-refractivity contribution is 5.84. The topological polar surface area (TPSA) is 101 Å². The molecule has 2 saturated heterocycles. The summed E-state index contributed by atoms with van der Waals surface area (Å²) in [5, 5.41) is 18.7. The van der Waals surface area contributed by atoms with E-state index in [2.05, 4.69) is 20.1 Å². The van der Waals surface area contributed by atoms with Crippen LogP contribution in [-0.4, -0.2) is 73.0 Å². The minimum Gasteiger partial charge on any atom is -0.387 e. The number of likely N-dealkylation sites (tertiary alicyclic amines) is 2. The fourth-order valence-electron chi connectivity index (χ4n) is 5.37. The maximum Gasteiger partial charge on any atom is 0.291 e. The Kier molecular flexibility index (Phi) is 6.35. The molecular weight excluding hydrogens is 439 g/mol. The van der Waals surface area contributed by atoms with E-state index < -0.39 is 6.61 Å². The van der Waals surface area contributed by atoms with E-state index in [1.54, 1.807) is 11.0 Å². The highest BCUT2D eigenvalue weighted by Crippen LogP contribution is 2.35. The average molecular weight is 471 g/mol. The van der Waals surface area contributed by atoms with Crippen molar-refractivity contribution in [2.75, 3.05) is 26.2 Å². The minimum absolute atomic E-state index is 0.0173. The summed E-state index contributed by atoms with van der Waals surface area (Å²) in [5.74, 6) is 0.302. The number of aliphatic hydroxyl groups excluding tert-OH is 1. The van der Waals surface area contributed by atoms with Crippen molar-refractivity contribution in [2.24, 2.45) is 0 Å². The number of rotatable bonds is 5. The number of aliphatic hydroxyl groups is 1. The maximum atomic E-state index is 14.8. The van der Waals surface area contributed by atoms with Crippen molar-refractivity contribution in [3.05, 3.63) is 35.6 Å². The van der Waals surface area contributed by atoms with Crippen molar-refractivity contribution in [1.29, 1.82) is 0 Å². The summed E-state index contributed by atoms with van der Waals surface area (Å²) >= 11 is 0. The van der Waals surface area contributed by atoms with Gasteiger partial charge in [-0.1, -0.05) is 32.4 Å². The quantitative estimate of drug-likeness (QED) is 0.611. The Morgan fingerprint density at radius 1 is 1.21 bits per heavy atom. The fourth-order valence-corrected chi connectivity index (χ4v) is 5.37. The van der Waals surface area contributed by atoms with Gasteiger partial charge in [-0.3, -0.25) is 9.69 Å². The SMILES string of the molecule is CC(C)c1nn(-c2noc(C3CCCCN3C3CCN(C(=O)CO)CC3)n2)c2c(F)cccc12. The van der Waals surface area contributed by atoms with Crippen molar-refractivity contribution in [2.45, 2.75) is 64.0 Å². The van der Waals surface area contributed by atoms with Crippen LogP contribution in [-0.2, 0) is 4.79 Å². The van der Waals surface area contributed by atoms with Crippen molar-refractivity contribution >= 4 is 16.8 Å². The van der Waals surface area contributed by atoms with Gasteiger partial charge in [-0.15, -0.1) is 0 Å². The molecule has 3 aromatic rings. The van der Waals surface area contributed by atoms with Crippen LogP contribution in [0.4, 0.5) is 4.39 Å². The summed E-state index contributed by atoms with van der Waals surface area (Å²) in [6, 6.07) is 5.27. The first-order valence-corrected chi connectivity index (χ1v) is 12.1. The Bertz CT molecular complexity index is 1170. The number of nitrogens with zero attached hydrogens (tertiary/aromatic N) is 6. The zero-order valence-electron chi connectivity index (χ0n) is 19.7. The normalized spacial score (nSPS) is 20.5. The number of amides is 1. The van der Waals surface area contributed by atoms with E-state index in [9.17, 15) is 9.18 Å². The lowest BCUT2D eigenvalue weighted by molar-refractivity contribution is -0.136. The second kappa shape index (κ2) is 9.42. The molecule has 1 atom stereocenters. The Morgan fingerprint density at radius 2 is 2.00 bits per heavy atom. The number of para-hydroxylation sites is 1. The van der Waals surface area contributed by atoms with Crippen LogP contribution < -0.4 is 0 Å². The van der Waals surface area contributed by atoms with E-state index in [-0.39, 0.29) is 29.6 Å². The predicted octanol–water partition coefficient (Wildman–Crippen LogP) is 3.18. The van der Waals surface area contributed by atoms with Gasteiger partial charge in [0, 0.05) is 24.5 Å².